The van der Waals surface area contributed by atoms with Crippen molar-refractivity contribution in [2.24, 2.45) is 16.5 Å². The number of nitrogens with one attached hydrogen (secondary N) is 1. The molecule has 5 N–H and O–H groups in total. The summed E-state index contributed by atoms with van der Waals surface area (Å²) in [5.41, 5.74) is 8.40. The fraction of sp³-hybridized carbons (Fsp3) is 0.421. The van der Waals surface area contributed by atoms with Crippen LogP contribution in [0, 0.1) is 5.82 Å². The molecule has 1 heterocycles. The Morgan fingerprint density at radius 3 is 2.30 bits per heavy atom. The monoisotopic (exact) mass is 429 g/mol. The number of hydrogen-bond acceptors (Lipinski definition) is 4. The van der Waals surface area contributed by atoms with Gasteiger partial charge in [-0.15, -0.1) is 0 Å². The number of nitrogens with zero attached hydrogens (tertiary/aromatic N) is 2. The summed E-state index contributed by atoms with van der Waals surface area (Å²) in [5.74, 6) is -2.23. The van der Waals surface area contributed by atoms with E-state index in [1.807, 2.05) is 0 Å². The normalized spacial score (nSPS) is 16.0. The van der Waals surface area contributed by atoms with E-state index in [0.717, 1.165) is 6.07 Å². The highest BCUT2D eigenvalue weighted by Crippen LogP contribution is 2.32. The average molecular weight is 429 g/mol. The predicted octanol–water partition coefficient (Wildman–Crippen LogP) is 2.26. The summed E-state index contributed by atoms with van der Waals surface area (Å²) in [4.78, 5) is 30.0. The van der Waals surface area contributed by atoms with Gasteiger partial charge in [0.15, 0.2) is 0 Å². The van der Waals surface area contributed by atoms with Crippen molar-refractivity contribution < 1.29 is 27.2 Å². The van der Waals surface area contributed by atoms with E-state index < -0.39 is 40.7 Å². The van der Waals surface area contributed by atoms with E-state index >= 15 is 0 Å². The maximum absolute atomic E-state index is 13.8. The van der Waals surface area contributed by atoms with E-state index in [2.05, 4.69) is 10.3 Å². The molecular weight excluding hydrogens is 406 g/mol. The van der Waals surface area contributed by atoms with Gasteiger partial charge in [-0.25, -0.2) is 9.18 Å². The summed E-state index contributed by atoms with van der Waals surface area (Å²) in [5, 5.41) is 2.76. The summed E-state index contributed by atoms with van der Waals surface area (Å²) in [6.45, 7) is 5.63. The van der Waals surface area contributed by atoms with Crippen molar-refractivity contribution in [1.29, 1.82) is 0 Å². The molecule has 0 bridgehead atoms. The molecule has 0 aromatic heterocycles. The van der Waals surface area contributed by atoms with Crippen molar-refractivity contribution in [3.05, 3.63) is 40.7 Å². The molecule has 0 saturated heterocycles. The van der Waals surface area contributed by atoms with Gasteiger partial charge in [-0.3, -0.25) is 9.79 Å². The summed E-state index contributed by atoms with van der Waals surface area (Å²) < 4.78 is 52.8. The minimum Gasteiger partial charge on any atom is -0.398 e. The van der Waals surface area contributed by atoms with Crippen molar-refractivity contribution >= 4 is 23.3 Å². The molecule has 1 aliphatic rings. The summed E-state index contributed by atoms with van der Waals surface area (Å²) in [6.07, 6.45) is -4.81. The second-order valence-electron chi connectivity index (χ2n) is 7.81. The largest absolute Gasteiger partial charge is 0.416 e. The Morgan fingerprint density at radius 2 is 1.77 bits per heavy atom. The second-order valence-corrected chi connectivity index (χ2v) is 7.81. The van der Waals surface area contributed by atoms with Gasteiger partial charge in [0, 0.05) is 17.6 Å². The van der Waals surface area contributed by atoms with Crippen LogP contribution in [0.5, 0.6) is 0 Å². The zero-order valence-corrected chi connectivity index (χ0v) is 16.7. The van der Waals surface area contributed by atoms with Gasteiger partial charge in [0.25, 0.3) is 5.91 Å². The maximum Gasteiger partial charge on any atom is 0.416 e. The molecule has 1 aromatic rings. The first-order chi connectivity index (χ1) is 13.7. The molecule has 0 unspecified atom stereocenters. The van der Waals surface area contributed by atoms with Crippen LogP contribution in [0.15, 0.2) is 28.8 Å². The molecule has 11 heteroatoms. The maximum atomic E-state index is 13.8. The van der Waals surface area contributed by atoms with E-state index in [-0.39, 0.29) is 36.5 Å². The Hall–Kier alpha value is -3.11. The van der Waals surface area contributed by atoms with Gasteiger partial charge in [0.2, 0.25) is 0 Å². The van der Waals surface area contributed by atoms with Crippen LogP contribution in [0.25, 0.3) is 5.70 Å². The van der Waals surface area contributed by atoms with Crippen LogP contribution >= 0.6 is 0 Å². The van der Waals surface area contributed by atoms with Crippen molar-refractivity contribution in [2.75, 3.05) is 19.6 Å². The minimum absolute atomic E-state index is 0.0353. The second kappa shape index (κ2) is 8.33. The lowest BCUT2D eigenvalue weighted by atomic mass is 9.99. The van der Waals surface area contributed by atoms with E-state index in [9.17, 15) is 27.2 Å². The highest BCUT2D eigenvalue weighted by Gasteiger charge is 2.32. The summed E-state index contributed by atoms with van der Waals surface area (Å²) in [7, 11) is 0. The molecule has 0 fully saturated rings. The number of carbonyl (C=O) groups is 2. The van der Waals surface area contributed by atoms with Crippen LogP contribution < -0.4 is 16.8 Å². The smallest absolute Gasteiger partial charge is 0.398 e. The number of primary amides is 1. The molecule has 0 aliphatic carbocycles. The quantitative estimate of drug-likeness (QED) is 0.506. The molecule has 7 nitrogen and oxygen atoms in total. The van der Waals surface area contributed by atoms with Crippen molar-refractivity contribution in [3.8, 4) is 0 Å². The van der Waals surface area contributed by atoms with Crippen LogP contribution in [-0.4, -0.2) is 47.7 Å². The van der Waals surface area contributed by atoms with Gasteiger partial charge in [-0.1, -0.05) is 0 Å². The fourth-order valence-corrected chi connectivity index (χ4v) is 2.83. The fourth-order valence-electron chi connectivity index (χ4n) is 2.83. The van der Waals surface area contributed by atoms with Gasteiger partial charge in [-0.05, 0) is 39.0 Å². The van der Waals surface area contributed by atoms with Gasteiger partial charge in [-0.2, -0.15) is 13.2 Å². The van der Waals surface area contributed by atoms with Crippen LogP contribution in [0.3, 0.4) is 0 Å². The number of aliphatic imine (C=N–C) groups is 1. The standard InChI is InChI=1S/C19H23F4N5O2/c1-18(2,3)27-17(30)28-5-4-26-13(9-28)14(16(25)29)15(24)10-6-11(19(21,22)23)8-12(20)7-10/h6-8H,4-5,9,24H2,1-3H3,(H2,25,29)(H,27,30). The number of benzene rings is 1. The summed E-state index contributed by atoms with van der Waals surface area (Å²) >= 11 is 0. The number of alkyl halides is 3. The van der Waals surface area contributed by atoms with Crippen molar-refractivity contribution in [1.82, 2.24) is 10.2 Å². The lowest BCUT2D eigenvalue weighted by Gasteiger charge is -2.31. The summed E-state index contributed by atoms with van der Waals surface area (Å²) in [6, 6.07) is 1.29. The Kier molecular flexibility index (Phi) is 6.43. The van der Waals surface area contributed by atoms with Crippen molar-refractivity contribution in [3.63, 3.8) is 0 Å². The third-order valence-electron chi connectivity index (χ3n) is 4.12. The molecule has 30 heavy (non-hydrogen) atoms. The zero-order valence-electron chi connectivity index (χ0n) is 16.7. The third-order valence-corrected chi connectivity index (χ3v) is 4.12. The zero-order chi connectivity index (χ0) is 22.9. The molecule has 0 radical (unpaired) electrons. The van der Waals surface area contributed by atoms with Gasteiger partial charge in [0.1, 0.15) is 5.82 Å². The Morgan fingerprint density at radius 1 is 1.13 bits per heavy atom. The highest BCUT2D eigenvalue weighted by atomic mass is 19.4. The topological polar surface area (TPSA) is 114 Å². The average Bonchev–Trinajstić information content (AvgIpc) is 2.59. The molecule has 2 rings (SSSR count). The molecule has 0 atom stereocenters. The molecule has 0 spiro atoms. The minimum atomic E-state index is -4.81. The molecule has 3 amide bonds. The SMILES string of the molecule is CC(C)(C)NC(=O)N1CCN=C(C(C(N)=O)=C(N)c2cc(F)cc(C(F)(F)F)c2)C1. The first-order valence-electron chi connectivity index (χ1n) is 8.97. The van der Waals surface area contributed by atoms with E-state index in [4.69, 9.17) is 11.5 Å². The van der Waals surface area contributed by atoms with E-state index in [0.29, 0.717) is 12.1 Å². The third kappa shape index (κ3) is 5.71. The lowest BCUT2D eigenvalue weighted by molar-refractivity contribution is -0.137. The van der Waals surface area contributed by atoms with Crippen molar-refractivity contribution in [2.45, 2.75) is 32.5 Å². The molecule has 0 saturated carbocycles. The predicted molar refractivity (Wildman–Crippen MR) is 104 cm³/mol. The van der Waals surface area contributed by atoms with Gasteiger partial charge < -0.3 is 21.7 Å². The first kappa shape index (κ1) is 23.2. The van der Waals surface area contributed by atoms with Crippen LogP contribution in [0.2, 0.25) is 0 Å². The number of hydrogen-bond donors (Lipinski definition) is 3. The number of carbonyl (C=O) groups excluding carboxylic acids is 2. The number of nitrogens with two attached hydrogens (primary N) is 2. The van der Waals surface area contributed by atoms with E-state index in [1.165, 1.54) is 4.90 Å². The highest BCUT2D eigenvalue weighted by molar-refractivity contribution is 6.26. The van der Waals surface area contributed by atoms with Crippen LogP contribution in [-0.2, 0) is 11.0 Å². The molecule has 164 valence electrons. The number of amides is 3. The Bertz CT molecular complexity index is 916. The first-order valence-corrected chi connectivity index (χ1v) is 8.97. The van der Waals surface area contributed by atoms with Gasteiger partial charge >= 0.3 is 12.2 Å². The number of urea groups is 1. The number of halogens is 4. The van der Waals surface area contributed by atoms with Crippen LogP contribution in [0.4, 0.5) is 22.4 Å². The lowest BCUT2D eigenvalue weighted by Crippen LogP contribution is -2.52. The van der Waals surface area contributed by atoms with Crippen LogP contribution in [0.1, 0.15) is 31.9 Å². The Balaban J connectivity index is 2.45. The Labute approximate surface area is 170 Å². The number of rotatable bonds is 3. The molecule has 1 aliphatic heterocycles. The molecular formula is C19H23F4N5O2. The van der Waals surface area contributed by atoms with Gasteiger partial charge in [0.05, 0.1) is 35.6 Å². The molecule has 1 aromatic carbocycles. The van der Waals surface area contributed by atoms with E-state index in [1.54, 1.807) is 20.8 Å².